The van der Waals surface area contributed by atoms with E-state index in [1.165, 1.54) is 18.4 Å². The number of methoxy groups -OCH3 is 1. The average Bonchev–Trinajstić information content (AvgIpc) is 2.37. The molecule has 0 aliphatic carbocycles. The standard InChI is InChI=1S/C15H25NO/c1-4-8-15(12-17-3)16-11-13(2)14-9-6-5-7-10-14/h5-7,9-10,13,15-16H,4,8,11-12H2,1-3H3. The van der Waals surface area contributed by atoms with Crippen molar-refractivity contribution in [3.8, 4) is 0 Å². The maximum atomic E-state index is 5.23. The van der Waals surface area contributed by atoms with Crippen molar-refractivity contribution in [1.82, 2.24) is 5.32 Å². The van der Waals surface area contributed by atoms with E-state index in [-0.39, 0.29) is 0 Å². The molecule has 0 amide bonds. The summed E-state index contributed by atoms with van der Waals surface area (Å²) in [7, 11) is 1.77. The fourth-order valence-corrected chi connectivity index (χ4v) is 2.04. The molecule has 0 aromatic heterocycles. The Labute approximate surface area is 105 Å². The van der Waals surface area contributed by atoms with Gasteiger partial charge in [0.15, 0.2) is 0 Å². The van der Waals surface area contributed by atoms with Crippen LogP contribution in [0.25, 0.3) is 0 Å². The molecule has 2 unspecified atom stereocenters. The second-order valence-corrected chi connectivity index (χ2v) is 4.66. The number of ether oxygens (including phenoxy) is 1. The first-order chi connectivity index (χ1) is 8.27. The molecular formula is C15H25NO. The molecule has 0 aliphatic rings. The summed E-state index contributed by atoms with van der Waals surface area (Å²) >= 11 is 0. The first-order valence-electron chi connectivity index (χ1n) is 6.55. The number of rotatable bonds is 8. The number of nitrogens with one attached hydrogen (secondary N) is 1. The van der Waals surface area contributed by atoms with Crippen molar-refractivity contribution in [2.24, 2.45) is 0 Å². The van der Waals surface area contributed by atoms with Gasteiger partial charge in [0.25, 0.3) is 0 Å². The zero-order valence-corrected chi connectivity index (χ0v) is 11.3. The fourth-order valence-electron chi connectivity index (χ4n) is 2.04. The monoisotopic (exact) mass is 235 g/mol. The van der Waals surface area contributed by atoms with Gasteiger partial charge in [0.2, 0.25) is 0 Å². The number of benzene rings is 1. The first-order valence-corrected chi connectivity index (χ1v) is 6.55. The van der Waals surface area contributed by atoms with Crippen LogP contribution >= 0.6 is 0 Å². The molecule has 2 nitrogen and oxygen atoms in total. The van der Waals surface area contributed by atoms with Crippen LogP contribution in [0.15, 0.2) is 30.3 Å². The topological polar surface area (TPSA) is 21.3 Å². The Hall–Kier alpha value is -0.860. The highest BCUT2D eigenvalue weighted by Gasteiger charge is 2.10. The van der Waals surface area contributed by atoms with Gasteiger partial charge in [-0.1, -0.05) is 50.6 Å². The van der Waals surface area contributed by atoms with Gasteiger partial charge in [-0.3, -0.25) is 0 Å². The van der Waals surface area contributed by atoms with Crippen LogP contribution in [0.4, 0.5) is 0 Å². The zero-order valence-electron chi connectivity index (χ0n) is 11.3. The van der Waals surface area contributed by atoms with Crippen LogP contribution in [0.5, 0.6) is 0 Å². The molecule has 2 heteroatoms. The van der Waals surface area contributed by atoms with Crippen LogP contribution in [0, 0.1) is 0 Å². The summed E-state index contributed by atoms with van der Waals surface area (Å²) in [6, 6.07) is 11.1. The Morgan fingerprint density at radius 2 is 1.94 bits per heavy atom. The van der Waals surface area contributed by atoms with Crippen molar-refractivity contribution in [1.29, 1.82) is 0 Å². The van der Waals surface area contributed by atoms with Gasteiger partial charge < -0.3 is 10.1 Å². The molecule has 0 fully saturated rings. The summed E-state index contributed by atoms with van der Waals surface area (Å²) in [6.07, 6.45) is 2.37. The Morgan fingerprint density at radius 1 is 1.24 bits per heavy atom. The molecule has 0 bridgehead atoms. The summed E-state index contributed by atoms with van der Waals surface area (Å²) in [4.78, 5) is 0. The lowest BCUT2D eigenvalue weighted by molar-refractivity contribution is 0.161. The molecule has 1 rings (SSSR count). The van der Waals surface area contributed by atoms with E-state index in [9.17, 15) is 0 Å². The van der Waals surface area contributed by atoms with Gasteiger partial charge in [0.05, 0.1) is 6.61 Å². The van der Waals surface area contributed by atoms with E-state index in [1.54, 1.807) is 7.11 Å². The molecule has 17 heavy (non-hydrogen) atoms. The van der Waals surface area contributed by atoms with E-state index in [2.05, 4.69) is 49.5 Å². The lowest BCUT2D eigenvalue weighted by Gasteiger charge is -2.20. The first kappa shape index (κ1) is 14.2. The van der Waals surface area contributed by atoms with Crippen LogP contribution in [0.2, 0.25) is 0 Å². The smallest absolute Gasteiger partial charge is 0.0615 e. The largest absolute Gasteiger partial charge is 0.383 e. The van der Waals surface area contributed by atoms with Crippen LogP contribution < -0.4 is 5.32 Å². The molecule has 1 aromatic rings. The summed E-state index contributed by atoms with van der Waals surface area (Å²) in [5.41, 5.74) is 1.40. The molecular weight excluding hydrogens is 210 g/mol. The normalized spacial score (nSPS) is 14.5. The molecule has 0 heterocycles. The Bertz CT molecular complexity index is 280. The minimum absolute atomic E-state index is 0.483. The van der Waals surface area contributed by atoms with Gasteiger partial charge in [-0.25, -0.2) is 0 Å². The average molecular weight is 235 g/mol. The molecule has 1 aromatic carbocycles. The molecule has 2 atom stereocenters. The van der Waals surface area contributed by atoms with E-state index < -0.39 is 0 Å². The molecule has 0 radical (unpaired) electrons. The van der Waals surface area contributed by atoms with Crippen molar-refractivity contribution in [3.05, 3.63) is 35.9 Å². The van der Waals surface area contributed by atoms with Crippen LogP contribution in [-0.2, 0) is 4.74 Å². The minimum atomic E-state index is 0.483. The third-order valence-electron chi connectivity index (χ3n) is 3.09. The van der Waals surface area contributed by atoms with Crippen LogP contribution in [0.1, 0.15) is 38.2 Å². The SMILES string of the molecule is CCCC(COC)NCC(C)c1ccccc1. The maximum absolute atomic E-state index is 5.23. The van der Waals surface area contributed by atoms with Crippen molar-refractivity contribution in [2.75, 3.05) is 20.3 Å². The van der Waals surface area contributed by atoms with Gasteiger partial charge in [-0.2, -0.15) is 0 Å². The van der Waals surface area contributed by atoms with Crippen molar-refractivity contribution in [3.63, 3.8) is 0 Å². The summed E-state index contributed by atoms with van der Waals surface area (Å²) in [5.74, 6) is 0.549. The van der Waals surface area contributed by atoms with E-state index in [1.807, 2.05) is 0 Å². The molecule has 0 aliphatic heterocycles. The van der Waals surface area contributed by atoms with E-state index in [0.717, 1.165) is 13.2 Å². The lowest BCUT2D eigenvalue weighted by atomic mass is 10.0. The molecule has 0 saturated heterocycles. The van der Waals surface area contributed by atoms with Crippen molar-refractivity contribution < 1.29 is 4.74 Å². The third-order valence-corrected chi connectivity index (χ3v) is 3.09. The van der Waals surface area contributed by atoms with Crippen LogP contribution in [-0.4, -0.2) is 26.3 Å². The molecule has 96 valence electrons. The van der Waals surface area contributed by atoms with Gasteiger partial charge in [-0.15, -0.1) is 0 Å². The van der Waals surface area contributed by atoms with Gasteiger partial charge in [-0.05, 0) is 17.9 Å². The van der Waals surface area contributed by atoms with Gasteiger partial charge in [0.1, 0.15) is 0 Å². The summed E-state index contributed by atoms with van der Waals surface area (Å²) in [6.45, 7) is 6.29. The van der Waals surface area contributed by atoms with Crippen molar-refractivity contribution in [2.45, 2.75) is 38.6 Å². The van der Waals surface area contributed by atoms with Crippen molar-refractivity contribution >= 4 is 0 Å². The van der Waals surface area contributed by atoms with E-state index in [4.69, 9.17) is 4.74 Å². The molecule has 0 saturated carbocycles. The highest BCUT2D eigenvalue weighted by Crippen LogP contribution is 2.13. The second kappa shape index (κ2) is 8.26. The Balaban J connectivity index is 2.38. The van der Waals surface area contributed by atoms with E-state index >= 15 is 0 Å². The quantitative estimate of drug-likeness (QED) is 0.747. The predicted octanol–water partition coefficient (Wildman–Crippen LogP) is 3.19. The Morgan fingerprint density at radius 3 is 2.53 bits per heavy atom. The lowest BCUT2D eigenvalue weighted by Crippen LogP contribution is -2.35. The highest BCUT2D eigenvalue weighted by atomic mass is 16.5. The maximum Gasteiger partial charge on any atom is 0.0615 e. The minimum Gasteiger partial charge on any atom is -0.383 e. The highest BCUT2D eigenvalue weighted by molar-refractivity contribution is 5.18. The predicted molar refractivity (Wildman–Crippen MR) is 73.4 cm³/mol. The van der Waals surface area contributed by atoms with E-state index in [0.29, 0.717) is 12.0 Å². The number of hydrogen-bond acceptors (Lipinski definition) is 2. The van der Waals surface area contributed by atoms with Gasteiger partial charge in [0, 0.05) is 19.7 Å². The van der Waals surface area contributed by atoms with Crippen LogP contribution in [0.3, 0.4) is 0 Å². The zero-order chi connectivity index (χ0) is 12.5. The Kier molecular flexibility index (Phi) is 6.90. The fraction of sp³-hybridized carbons (Fsp3) is 0.600. The molecule has 1 N–H and O–H groups in total. The summed E-state index contributed by atoms with van der Waals surface area (Å²) in [5, 5.41) is 3.59. The summed E-state index contributed by atoms with van der Waals surface area (Å²) < 4.78 is 5.23. The molecule has 0 spiro atoms. The van der Waals surface area contributed by atoms with Gasteiger partial charge >= 0.3 is 0 Å². The number of hydrogen-bond donors (Lipinski definition) is 1. The second-order valence-electron chi connectivity index (χ2n) is 4.66. The third kappa shape index (κ3) is 5.33.